The first-order valence-corrected chi connectivity index (χ1v) is 6.54. The van der Waals surface area contributed by atoms with Crippen LogP contribution in [0.3, 0.4) is 0 Å². The van der Waals surface area contributed by atoms with E-state index in [4.69, 9.17) is 21.3 Å². The van der Waals surface area contributed by atoms with Crippen LogP contribution in [0.15, 0.2) is 39.9 Å². The fraction of sp³-hybridized carbons (Fsp3) is 0.0833. The summed E-state index contributed by atoms with van der Waals surface area (Å²) < 4.78 is 18.1. The Labute approximate surface area is 118 Å². The summed E-state index contributed by atoms with van der Waals surface area (Å²) in [5, 5.41) is 7.47. The lowest BCUT2D eigenvalue weighted by Gasteiger charge is -1.96. The van der Waals surface area contributed by atoms with E-state index in [1.165, 1.54) is 18.4 Å². The lowest BCUT2D eigenvalue weighted by molar-refractivity contribution is 0.573. The maximum absolute atomic E-state index is 12.8. The highest BCUT2D eigenvalue weighted by molar-refractivity contribution is 8.13. The molecule has 1 heterocycles. The first-order valence-electron chi connectivity index (χ1n) is 5.56. The molecule has 6 nitrogen and oxygen atoms in total. The standard InChI is InChI=1S/C12H12FN5OS/c13-8-3-1-7(2-4-8)10-17-9(5-19-10)6-20-12(16)18-11(14)15/h1-5H,6H2,(H5,14,15,16,18). The molecular weight excluding hydrogens is 281 g/mol. The molecule has 1 aromatic carbocycles. The smallest absolute Gasteiger partial charge is 0.226 e. The number of nitrogens with one attached hydrogen (secondary N) is 1. The molecular formula is C12H12FN5OS. The number of rotatable bonds is 3. The van der Waals surface area contributed by atoms with Crippen LogP contribution < -0.4 is 11.5 Å². The van der Waals surface area contributed by atoms with Crippen molar-refractivity contribution in [1.29, 1.82) is 5.41 Å². The highest BCUT2D eigenvalue weighted by Gasteiger charge is 2.08. The van der Waals surface area contributed by atoms with E-state index in [0.29, 0.717) is 22.9 Å². The van der Waals surface area contributed by atoms with Gasteiger partial charge in [-0.2, -0.15) is 4.99 Å². The third-order valence-corrected chi connectivity index (χ3v) is 3.04. The number of halogens is 1. The Morgan fingerprint density at radius 3 is 2.70 bits per heavy atom. The first kappa shape index (κ1) is 14.1. The van der Waals surface area contributed by atoms with Crippen molar-refractivity contribution in [2.45, 2.75) is 5.75 Å². The predicted octanol–water partition coefficient (Wildman–Crippen LogP) is 1.92. The van der Waals surface area contributed by atoms with Crippen LogP contribution in [0.1, 0.15) is 5.69 Å². The molecule has 0 aliphatic rings. The number of benzene rings is 1. The number of thioether (sulfide) groups is 1. The van der Waals surface area contributed by atoms with Crippen molar-refractivity contribution in [2.75, 3.05) is 0 Å². The van der Waals surface area contributed by atoms with Gasteiger partial charge in [-0.15, -0.1) is 0 Å². The van der Waals surface area contributed by atoms with E-state index in [9.17, 15) is 4.39 Å². The van der Waals surface area contributed by atoms with E-state index in [-0.39, 0.29) is 16.9 Å². The van der Waals surface area contributed by atoms with Gasteiger partial charge in [0.1, 0.15) is 12.1 Å². The highest BCUT2D eigenvalue weighted by Crippen LogP contribution is 2.21. The molecule has 0 spiro atoms. The fourth-order valence-electron chi connectivity index (χ4n) is 1.39. The van der Waals surface area contributed by atoms with Crippen molar-refractivity contribution in [2.24, 2.45) is 16.5 Å². The largest absolute Gasteiger partial charge is 0.444 e. The molecule has 104 valence electrons. The van der Waals surface area contributed by atoms with E-state index in [0.717, 1.165) is 11.8 Å². The Hall–Kier alpha value is -2.35. The number of guanidine groups is 1. The zero-order chi connectivity index (χ0) is 14.5. The number of nitrogens with zero attached hydrogens (tertiary/aromatic N) is 2. The van der Waals surface area contributed by atoms with Gasteiger partial charge in [0.2, 0.25) is 5.89 Å². The summed E-state index contributed by atoms with van der Waals surface area (Å²) in [5.74, 6) is 0.325. The molecule has 0 saturated carbocycles. The van der Waals surface area contributed by atoms with Gasteiger partial charge in [-0.3, -0.25) is 5.41 Å². The van der Waals surface area contributed by atoms with Gasteiger partial charge < -0.3 is 15.9 Å². The Bertz CT molecular complexity index is 634. The van der Waals surface area contributed by atoms with Crippen LogP contribution in [-0.2, 0) is 5.75 Å². The average molecular weight is 293 g/mol. The number of amidine groups is 1. The third kappa shape index (κ3) is 3.82. The minimum absolute atomic E-state index is 0.00340. The van der Waals surface area contributed by atoms with Crippen LogP contribution in [0.5, 0.6) is 0 Å². The zero-order valence-corrected chi connectivity index (χ0v) is 11.2. The molecule has 1 aromatic heterocycles. The third-order valence-electron chi connectivity index (χ3n) is 2.23. The molecule has 2 rings (SSSR count). The van der Waals surface area contributed by atoms with E-state index in [1.807, 2.05) is 0 Å². The molecule has 0 radical (unpaired) electrons. The molecule has 0 aliphatic heterocycles. The SMILES string of the molecule is N=C(N=C(N)N)SCc1coc(-c2ccc(F)cc2)n1. The summed E-state index contributed by atoms with van der Waals surface area (Å²) in [7, 11) is 0. The molecule has 5 N–H and O–H groups in total. The Morgan fingerprint density at radius 1 is 1.35 bits per heavy atom. The summed E-state index contributed by atoms with van der Waals surface area (Å²) in [6.07, 6.45) is 1.48. The fourth-order valence-corrected chi connectivity index (χ4v) is 1.98. The molecule has 0 atom stereocenters. The van der Waals surface area contributed by atoms with Gasteiger partial charge >= 0.3 is 0 Å². The van der Waals surface area contributed by atoms with Crippen molar-refractivity contribution < 1.29 is 8.81 Å². The molecule has 20 heavy (non-hydrogen) atoms. The van der Waals surface area contributed by atoms with Crippen LogP contribution in [-0.4, -0.2) is 16.1 Å². The van der Waals surface area contributed by atoms with Crippen molar-refractivity contribution in [3.05, 3.63) is 42.0 Å². The van der Waals surface area contributed by atoms with E-state index in [1.54, 1.807) is 12.1 Å². The van der Waals surface area contributed by atoms with Gasteiger partial charge in [-0.25, -0.2) is 9.37 Å². The first-order chi connectivity index (χ1) is 9.54. The number of hydrogen-bond donors (Lipinski definition) is 3. The predicted molar refractivity (Wildman–Crippen MR) is 76.7 cm³/mol. The van der Waals surface area contributed by atoms with Crippen molar-refractivity contribution in [3.8, 4) is 11.5 Å². The van der Waals surface area contributed by atoms with Gasteiger partial charge in [0.05, 0.1) is 5.69 Å². The molecule has 2 aromatic rings. The van der Waals surface area contributed by atoms with E-state index >= 15 is 0 Å². The molecule has 0 saturated heterocycles. The lowest BCUT2D eigenvalue weighted by atomic mass is 10.2. The minimum atomic E-state index is -0.318. The monoisotopic (exact) mass is 293 g/mol. The summed E-state index contributed by atoms with van der Waals surface area (Å²) in [6, 6.07) is 5.84. The second kappa shape index (κ2) is 6.20. The molecule has 0 aliphatic carbocycles. The van der Waals surface area contributed by atoms with Crippen molar-refractivity contribution in [3.63, 3.8) is 0 Å². The highest BCUT2D eigenvalue weighted by atomic mass is 32.2. The zero-order valence-electron chi connectivity index (χ0n) is 10.3. The van der Waals surface area contributed by atoms with Crippen LogP contribution in [0.25, 0.3) is 11.5 Å². The normalized spacial score (nSPS) is 10.2. The molecule has 8 heteroatoms. The number of hydrogen-bond acceptors (Lipinski definition) is 4. The van der Waals surface area contributed by atoms with Crippen LogP contribution >= 0.6 is 11.8 Å². The number of aliphatic imine (C=N–C) groups is 1. The Balaban J connectivity index is 2.01. The lowest BCUT2D eigenvalue weighted by Crippen LogP contribution is -2.23. The molecule has 0 unspecified atom stereocenters. The molecule has 0 fully saturated rings. The maximum Gasteiger partial charge on any atom is 0.226 e. The average Bonchev–Trinajstić information content (AvgIpc) is 2.85. The summed E-state index contributed by atoms with van der Waals surface area (Å²) in [5.41, 5.74) is 11.7. The molecule has 0 amide bonds. The summed E-state index contributed by atoms with van der Waals surface area (Å²) >= 11 is 1.12. The van der Waals surface area contributed by atoms with Crippen LogP contribution in [0.2, 0.25) is 0 Å². The minimum Gasteiger partial charge on any atom is -0.444 e. The summed E-state index contributed by atoms with van der Waals surface area (Å²) in [6.45, 7) is 0. The Kier molecular flexibility index (Phi) is 4.36. The topological polar surface area (TPSA) is 114 Å². The molecule has 0 bridgehead atoms. The number of oxazole rings is 1. The van der Waals surface area contributed by atoms with Gasteiger partial charge in [0.25, 0.3) is 0 Å². The van der Waals surface area contributed by atoms with Crippen molar-refractivity contribution >= 4 is 22.9 Å². The van der Waals surface area contributed by atoms with E-state index < -0.39 is 0 Å². The Morgan fingerprint density at radius 2 is 2.05 bits per heavy atom. The second-order valence-corrected chi connectivity index (χ2v) is 4.75. The van der Waals surface area contributed by atoms with Gasteiger partial charge in [-0.05, 0) is 24.3 Å². The maximum atomic E-state index is 12.8. The summed E-state index contributed by atoms with van der Waals surface area (Å²) in [4.78, 5) is 7.83. The van der Waals surface area contributed by atoms with Crippen molar-refractivity contribution in [1.82, 2.24) is 4.98 Å². The van der Waals surface area contributed by atoms with Crippen LogP contribution in [0, 0.1) is 11.2 Å². The van der Waals surface area contributed by atoms with Gasteiger partial charge in [-0.1, -0.05) is 11.8 Å². The van der Waals surface area contributed by atoms with Crippen LogP contribution in [0.4, 0.5) is 4.39 Å². The quantitative estimate of drug-likeness (QED) is 0.591. The number of nitrogens with two attached hydrogens (primary N) is 2. The van der Waals surface area contributed by atoms with Gasteiger partial charge in [0.15, 0.2) is 11.1 Å². The number of aromatic nitrogens is 1. The van der Waals surface area contributed by atoms with Gasteiger partial charge in [0, 0.05) is 11.3 Å². The van der Waals surface area contributed by atoms with E-state index in [2.05, 4.69) is 9.98 Å². The second-order valence-electron chi connectivity index (χ2n) is 3.78.